The van der Waals surface area contributed by atoms with Gasteiger partial charge in [0.05, 0.1) is 0 Å². The molecule has 0 radical (unpaired) electrons. The number of ether oxygens (including phenoxy) is 1. The first-order chi connectivity index (χ1) is 9.69. The zero-order valence-electron chi connectivity index (χ0n) is 11.5. The van der Waals surface area contributed by atoms with Crippen LogP contribution in [0.5, 0.6) is 5.75 Å². The normalized spacial score (nSPS) is 10.5. The molecule has 0 heterocycles. The summed E-state index contributed by atoms with van der Waals surface area (Å²) in [5.74, 6) is 0.639. The fourth-order valence-corrected chi connectivity index (χ4v) is 2.27. The lowest BCUT2D eigenvalue weighted by molar-refractivity contribution is -0.123. The van der Waals surface area contributed by atoms with E-state index in [0.717, 1.165) is 28.1 Å². The number of fused-ring (bicyclic) bond motifs is 1. The van der Waals surface area contributed by atoms with Gasteiger partial charge in [-0.15, -0.1) is 0 Å². The SMILES string of the molecule is CCCCNC(=O)COc1ccc2cc(Br)ccc2c1. The highest BCUT2D eigenvalue weighted by molar-refractivity contribution is 9.10. The quantitative estimate of drug-likeness (QED) is 0.813. The lowest BCUT2D eigenvalue weighted by Gasteiger charge is -2.08. The van der Waals surface area contributed by atoms with Crippen molar-refractivity contribution in [3.8, 4) is 5.75 Å². The van der Waals surface area contributed by atoms with E-state index in [0.29, 0.717) is 12.3 Å². The lowest BCUT2D eigenvalue weighted by atomic mass is 10.1. The van der Waals surface area contributed by atoms with Crippen molar-refractivity contribution in [3.05, 3.63) is 40.9 Å². The fraction of sp³-hybridized carbons (Fsp3) is 0.312. The van der Waals surface area contributed by atoms with Crippen LogP contribution in [-0.2, 0) is 4.79 Å². The fourth-order valence-electron chi connectivity index (χ4n) is 1.89. The Bertz CT molecular complexity index is 598. The van der Waals surface area contributed by atoms with E-state index in [9.17, 15) is 4.79 Å². The minimum Gasteiger partial charge on any atom is -0.484 e. The van der Waals surface area contributed by atoms with Crippen LogP contribution in [0.1, 0.15) is 19.8 Å². The van der Waals surface area contributed by atoms with Gasteiger partial charge >= 0.3 is 0 Å². The number of hydrogen-bond acceptors (Lipinski definition) is 2. The molecule has 4 heteroatoms. The molecule has 0 aliphatic heterocycles. The highest BCUT2D eigenvalue weighted by Crippen LogP contribution is 2.24. The van der Waals surface area contributed by atoms with Gasteiger partial charge in [0.15, 0.2) is 6.61 Å². The second kappa shape index (κ2) is 7.29. The van der Waals surface area contributed by atoms with Gasteiger partial charge in [0, 0.05) is 11.0 Å². The average molecular weight is 336 g/mol. The molecule has 1 amide bonds. The Labute approximate surface area is 127 Å². The molecule has 0 saturated carbocycles. The maximum Gasteiger partial charge on any atom is 0.257 e. The van der Waals surface area contributed by atoms with Gasteiger partial charge in [-0.3, -0.25) is 4.79 Å². The number of carbonyl (C=O) groups is 1. The van der Waals surface area contributed by atoms with E-state index in [1.165, 1.54) is 0 Å². The zero-order chi connectivity index (χ0) is 14.4. The van der Waals surface area contributed by atoms with E-state index in [1.54, 1.807) is 0 Å². The molecule has 0 unspecified atom stereocenters. The maximum absolute atomic E-state index is 11.6. The monoisotopic (exact) mass is 335 g/mol. The number of unbranched alkanes of at least 4 members (excludes halogenated alkanes) is 1. The Morgan fingerprint density at radius 2 is 1.95 bits per heavy atom. The van der Waals surface area contributed by atoms with Crippen LogP contribution in [0.4, 0.5) is 0 Å². The van der Waals surface area contributed by atoms with E-state index < -0.39 is 0 Å². The number of benzene rings is 2. The Balaban J connectivity index is 1.93. The molecule has 0 aliphatic rings. The topological polar surface area (TPSA) is 38.3 Å². The van der Waals surface area contributed by atoms with Gasteiger partial charge < -0.3 is 10.1 Å². The summed E-state index contributed by atoms with van der Waals surface area (Å²) in [6, 6.07) is 11.9. The molecule has 2 aromatic rings. The van der Waals surface area contributed by atoms with Gasteiger partial charge in [-0.2, -0.15) is 0 Å². The summed E-state index contributed by atoms with van der Waals surface area (Å²) in [6.07, 6.45) is 2.07. The van der Waals surface area contributed by atoms with Gasteiger partial charge in [-0.05, 0) is 41.5 Å². The van der Waals surface area contributed by atoms with Crippen molar-refractivity contribution in [2.24, 2.45) is 0 Å². The van der Waals surface area contributed by atoms with Crippen molar-refractivity contribution in [3.63, 3.8) is 0 Å². The molecule has 0 aromatic heterocycles. The first-order valence-corrected chi connectivity index (χ1v) is 7.57. The smallest absolute Gasteiger partial charge is 0.257 e. The largest absolute Gasteiger partial charge is 0.484 e. The highest BCUT2D eigenvalue weighted by Gasteiger charge is 2.03. The summed E-state index contributed by atoms with van der Waals surface area (Å²) in [4.78, 5) is 11.6. The molecule has 2 rings (SSSR count). The molecule has 1 N–H and O–H groups in total. The van der Waals surface area contributed by atoms with Crippen LogP contribution in [0.25, 0.3) is 10.8 Å². The Hall–Kier alpha value is -1.55. The summed E-state index contributed by atoms with van der Waals surface area (Å²) < 4.78 is 6.56. The number of carbonyl (C=O) groups excluding carboxylic acids is 1. The highest BCUT2D eigenvalue weighted by atomic mass is 79.9. The van der Waals surface area contributed by atoms with Crippen LogP contribution < -0.4 is 10.1 Å². The molecule has 0 aliphatic carbocycles. The molecule has 0 spiro atoms. The molecule has 20 heavy (non-hydrogen) atoms. The molecule has 106 valence electrons. The van der Waals surface area contributed by atoms with E-state index in [1.807, 2.05) is 30.3 Å². The van der Waals surface area contributed by atoms with Crippen molar-refractivity contribution < 1.29 is 9.53 Å². The van der Waals surface area contributed by atoms with Crippen molar-refractivity contribution in [2.45, 2.75) is 19.8 Å². The van der Waals surface area contributed by atoms with Crippen LogP contribution in [0.3, 0.4) is 0 Å². The minimum atomic E-state index is -0.0747. The zero-order valence-corrected chi connectivity index (χ0v) is 13.1. The summed E-state index contributed by atoms with van der Waals surface area (Å²) in [5.41, 5.74) is 0. The van der Waals surface area contributed by atoms with E-state index in [2.05, 4.69) is 34.2 Å². The van der Waals surface area contributed by atoms with Gasteiger partial charge in [0.1, 0.15) is 5.75 Å². The van der Waals surface area contributed by atoms with Gasteiger partial charge in [0.2, 0.25) is 0 Å². The molecule has 2 aromatic carbocycles. The van der Waals surface area contributed by atoms with Crippen LogP contribution in [0, 0.1) is 0 Å². The third-order valence-electron chi connectivity index (χ3n) is 3.00. The van der Waals surface area contributed by atoms with E-state index in [-0.39, 0.29) is 12.5 Å². The Morgan fingerprint density at radius 3 is 2.75 bits per heavy atom. The third-order valence-corrected chi connectivity index (χ3v) is 3.49. The average Bonchev–Trinajstić information content (AvgIpc) is 2.45. The van der Waals surface area contributed by atoms with E-state index >= 15 is 0 Å². The third kappa shape index (κ3) is 4.23. The summed E-state index contributed by atoms with van der Waals surface area (Å²) in [7, 11) is 0. The summed E-state index contributed by atoms with van der Waals surface area (Å²) >= 11 is 3.45. The molecular weight excluding hydrogens is 318 g/mol. The van der Waals surface area contributed by atoms with Crippen LogP contribution in [0.15, 0.2) is 40.9 Å². The van der Waals surface area contributed by atoms with Crippen molar-refractivity contribution in [1.82, 2.24) is 5.32 Å². The predicted molar refractivity (Wildman–Crippen MR) is 85.1 cm³/mol. The Kier molecular flexibility index (Phi) is 5.41. The van der Waals surface area contributed by atoms with Crippen molar-refractivity contribution in [1.29, 1.82) is 0 Å². The maximum atomic E-state index is 11.6. The van der Waals surface area contributed by atoms with Gasteiger partial charge in [-0.1, -0.05) is 41.4 Å². The summed E-state index contributed by atoms with van der Waals surface area (Å²) in [5, 5.41) is 5.06. The number of hydrogen-bond donors (Lipinski definition) is 1. The van der Waals surface area contributed by atoms with Gasteiger partial charge in [-0.25, -0.2) is 0 Å². The molecule has 0 bridgehead atoms. The van der Waals surface area contributed by atoms with Crippen molar-refractivity contribution >= 4 is 32.6 Å². The van der Waals surface area contributed by atoms with Gasteiger partial charge in [0.25, 0.3) is 5.91 Å². The Morgan fingerprint density at radius 1 is 1.20 bits per heavy atom. The molecule has 0 atom stereocenters. The molecular formula is C16H18BrNO2. The van der Waals surface area contributed by atoms with Crippen molar-refractivity contribution in [2.75, 3.05) is 13.2 Å². The second-order valence-corrected chi connectivity index (χ2v) is 5.56. The second-order valence-electron chi connectivity index (χ2n) is 4.65. The first-order valence-electron chi connectivity index (χ1n) is 6.78. The predicted octanol–water partition coefficient (Wildman–Crippen LogP) is 3.90. The standard InChI is InChI=1S/C16H18BrNO2/c1-2-3-8-18-16(19)11-20-15-7-5-12-9-14(17)6-4-13(12)10-15/h4-7,9-10H,2-3,8,11H2,1H3,(H,18,19). The first kappa shape index (κ1) is 14.9. The lowest BCUT2D eigenvalue weighted by Crippen LogP contribution is -2.29. The van der Waals surface area contributed by atoms with Crippen LogP contribution in [0.2, 0.25) is 0 Å². The molecule has 3 nitrogen and oxygen atoms in total. The number of nitrogens with one attached hydrogen (secondary N) is 1. The summed E-state index contributed by atoms with van der Waals surface area (Å²) in [6.45, 7) is 2.87. The molecule has 0 fully saturated rings. The molecule has 0 saturated heterocycles. The van der Waals surface area contributed by atoms with Crippen LogP contribution in [-0.4, -0.2) is 19.1 Å². The number of amides is 1. The van der Waals surface area contributed by atoms with E-state index in [4.69, 9.17) is 4.74 Å². The minimum absolute atomic E-state index is 0.0613. The number of halogens is 1. The number of rotatable bonds is 6. The van der Waals surface area contributed by atoms with Crippen LogP contribution >= 0.6 is 15.9 Å².